The lowest BCUT2D eigenvalue weighted by Gasteiger charge is -2.04. The van der Waals surface area contributed by atoms with Crippen molar-refractivity contribution >= 4 is 29.1 Å². The summed E-state index contributed by atoms with van der Waals surface area (Å²) >= 11 is 0. The number of hydrogen-bond donors (Lipinski definition) is 2. The van der Waals surface area contributed by atoms with E-state index >= 15 is 0 Å². The van der Waals surface area contributed by atoms with E-state index in [1.165, 1.54) is 0 Å². The molecule has 1 amide bonds. The molecule has 0 fully saturated rings. The first kappa shape index (κ1) is 15.3. The van der Waals surface area contributed by atoms with Crippen LogP contribution in [0.25, 0.3) is 17.5 Å². The Kier molecular flexibility index (Phi) is 3.66. The molecule has 0 unspecified atom stereocenters. The number of carbonyl (C=O) groups is 1. The second-order valence-corrected chi connectivity index (χ2v) is 5.70. The fraction of sp³-hybridized carbons (Fsp3) is 0.105. The molecule has 1 aliphatic carbocycles. The van der Waals surface area contributed by atoms with Gasteiger partial charge in [0.25, 0.3) is 0 Å². The number of methoxy groups -OCH3 is 1. The number of nitrogens with one attached hydrogen (secondary N) is 1. The van der Waals surface area contributed by atoms with Crippen molar-refractivity contribution in [2.24, 2.45) is 16.0 Å². The molecule has 6 nitrogen and oxygen atoms in total. The Hall–Kier alpha value is -3.25. The number of anilines is 1. The van der Waals surface area contributed by atoms with Gasteiger partial charge in [0.2, 0.25) is 5.91 Å². The molecule has 2 aromatic carbocycles. The quantitative estimate of drug-likeness (QED) is 0.886. The molecule has 0 saturated carbocycles. The van der Waals surface area contributed by atoms with E-state index in [2.05, 4.69) is 15.5 Å². The van der Waals surface area contributed by atoms with E-state index < -0.39 is 0 Å². The first-order valence-electron chi connectivity index (χ1n) is 7.87. The van der Waals surface area contributed by atoms with E-state index in [4.69, 9.17) is 10.5 Å². The van der Waals surface area contributed by atoms with Crippen molar-refractivity contribution < 1.29 is 9.53 Å². The van der Waals surface area contributed by atoms with Crippen LogP contribution in [0, 0.1) is 0 Å². The zero-order valence-electron chi connectivity index (χ0n) is 13.6. The smallest absolute Gasteiger partial charge is 0.238 e. The highest BCUT2D eigenvalue weighted by Gasteiger charge is 2.23. The van der Waals surface area contributed by atoms with Gasteiger partial charge in [0.15, 0.2) is 0 Å². The lowest BCUT2D eigenvalue weighted by atomic mass is 10.1. The summed E-state index contributed by atoms with van der Waals surface area (Å²) in [5.74, 6) is 0.564. The van der Waals surface area contributed by atoms with Crippen LogP contribution in [-0.2, 0) is 4.79 Å². The molecule has 4 rings (SSSR count). The summed E-state index contributed by atoms with van der Waals surface area (Å²) in [6, 6.07) is 13.4. The minimum Gasteiger partial charge on any atom is -0.497 e. The van der Waals surface area contributed by atoms with Gasteiger partial charge >= 0.3 is 0 Å². The van der Waals surface area contributed by atoms with E-state index in [1.54, 1.807) is 7.11 Å². The summed E-state index contributed by atoms with van der Waals surface area (Å²) in [5, 5.41) is 13.4. The molecule has 0 aromatic heterocycles. The third-order valence-corrected chi connectivity index (χ3v) is 4.23. The molecule has 25 heavy (non-hydrogen) atoms. The summed E-state index contributed by atoms with van der Waals surface area (Å²) in [5.41, 5.74) is 9.68. The molecule has 3 N–H and O–H groups in total. The fourth-order valence-electron chi connectivity index (χ4n) is 3.00. The number of carbonyl (C=O) groups excluding carboxylic acids is 1. The number of ether oxygens (including phenoxy) is 1. The van der Waals surface area contributed by atoms with Gasteiger partial charge in [-0.2, -0.15) is 0 Å². The molecule has 0 atom stereocenters. The van der Waals surface area contributed by atoms with Crippen molar-refractivity contribution in [1.29, 1.82) is 0 Å². The predicted octanol–water partition coefficient (Wildman–Crippen LogP) is 1.37. The lowest BCUT2D eigenvalue weighted by molar-refractivity contribution is -0.114. The van der Waals surface area contributed by atoms with Crippen molar-refractivity contribution in [3.05, 3.63) is 64.0 Å². The maximum atomic E-state index is 11.7. The fourth-order valence-corrected chi connectivity index (χ4v) is 3.00. The van der Waals surface area contributed by atoms with Crippen molar-refractivity contribution in [2.45, 2.75) is 0 Å². The third-order valence-electron chi connectivity index (χ3n) is 4.23. The van der Waals surface area contributed by atoms with Gasteiger partial charge < -0.3 is 15.8 Å². The molecule has 2 aromatic rings. The predicted molar refractivity (Wildman–Crippen MR) is 96.0 cm³/mol. The van der Waals surface area contributed by atoms with Crippen molar-refractivity contribution in [3.63, 3.8) is 0 Å². The number of benzene rings is 2. The Labute approximate surface area is 144 Å². The van der Waals surface area contributed by atoms with E-state index in [0.717, 1.165) is 44.4 Å². The van der Waals surface area contributed by atoms with Gasteiger partial charge in [0.1, 0.15) is 17.1 Å². The number of rotatable bonds is 4. The first-order chi connectivity index (χ1) is 12.2. The van der Waals surface area contributed by atoms with E-state index in [9.17, 15) is 4.79 Å². The normalized spacial score (nSPS) is 14.2. The van der Waals surface area contributed by atoms with Crippen molar-refractivity contribution in [3.8, 4) is 5.75 Å². The Bertz CT molecular complexity index is 1050. The SMILES string of the molecule is COc1ccc(C2=C3C=c4c(NC(=O)CN)cccc4=C3N=N2)cc1. The molecule has 6 heteroatoms. The van der Waals surface area contributed by atoms with Crippen molar-refractivity contribution in [1.82, 2.24) is 0 Å². The minimum absolute atomic E-state index is 0.0558. The molecule has 0 bridgehead atoms. The second kappa shape index (κ2) is 5.99. The highest BCUT2D eigenvalue weighted by molar-refractivity contribution is 5.98. The minimum atomic E-state index is -0.227. The monoisotopic (exact) mass is 332 g/mol. The van der Waals surface area contributed by atoms with Crippen LogP contribution in [0.3, 0.4) is 0 Å². The summed E-state index contributed by atoms with van der Waals surface area (Å²) in [7, 11) is 1.64. The van der Waals surface area contributed by atoms with Crippen LogP contribution in [-0.4, -0.2) is 19.6 Å². The first-order valence-corrected chi connectivity index (χ1v) is 7.87. The number of nitrogens with two attached hydrogens (primary N) is 1. The summed E-state index contributed by atoms with van der Waals surface area (Å²) in [6.07, 6.45) is 2.01. The lowest BCUT2D eigenvalue weighted by Crippen LogP contribution is -2.30. The molecule has 124 valence electrons. The van der Waals surface area contributed by atoms with E-state index in [-0.39, 0.29) is 12.5 Å². The Morgan fingerprint density at radius 3 is 2.60 bits per heavy atom. The van der Waals surface area contributed by atoms with Gasteiger partial charge in [0, 0.05) is 27.3 Å². The molecule has 0 spiro atoms. The Balaban J connectivity index is 1.84. The molecule has 1 aliphatic heterocycles. The molecule has 0 radical (unpaired) electrons. The van der Waals surface area contributed by atoms with Crippen LogP contribution in [0.1, 0.15) is 5.56 Å². The molecular formula is C19H16N4O2. The number of nitrogens with zero attached hydrogens (tertiary/aromatic N) is 2. The van der Waals surface area contributed by atoms with Crippen LogP contribution >= 0.6 is 0 Å². The van der Waals surface area contributed by atoms with Gasteiger partial charge in [-0.15, -0.1) is 10.2 Å². The largest absolute Gasteiger partial charge is 0.497 e. The van der Waals surface area contributed by atoms with Crippen LogP contribution < -0.4 is 26.2 Å². The van der Waals surface area contributed by atoms with Gasteiger partial charge in [-0.05, 0) is 36.4 Å². The second-order valence-electron chi connectivity index (χ2n) is 5.70. The zero-order chi connectivity index (χ0) is 17.4. The molecule has 1 heterocycles. The van der Waals surface area contributed by atoms with E-state index in [1.807, 2.05) is 48.5 Å². The zero-order valence-corrected chi connectivity index (χ0v) is 13.6. The third kappa shape index (κ3) is 2.53. The highest BCUT2D eigenvalue weighted by Crippen LogP contribution is 2.35. The Morgan fingerprint density at radius 1 is 1.12 bits per heavy atom. The average Bonchev–Trinajstić information content (AvgIpc) is 3.22. The van der Waals surface area contributed by atoms with Gasteiger partial charge in [-0.3, -0.25) is 4.79 Å². The number of amides is 1. The molecular weight excluding hydrogens is 316 g/mol. The number of azo groups is 1. The van der Waals surface area contributed by atoms with E-state index in [0.29, 0.717) is 0 Å². The standard InChI is InChI=1S/C19H16N4O2/c1-25-12-7-5-11(6-8-12)18-15-9-14-13(19(15)23-22-18)3-2-4-16(14)21-17(24)10-20/h2-9H,10,20H2,1H3,(H,21,24). The highest BCUT2D eigenvalue weighted by atomic mass is 16.5. The summed E-state index contributed by atoms with van der Waals surface area (Å²) in [4.78, 5) is 11.7. The summed E-state index contributed by atoms with van der Waals surface area (Å²) < 4.78 is 5.20. The maximum Gasteiger partial charge on any atom is 0.238 e. The van der Waals surface area contributed by atoms with Crippen molar-refractivity contribution in [2.75, 3.05) is 19.0 Å². The van der Waals surface area contributed by atoms with Gasteiger partial charge in [-0.1, -0.05) is 12.1 Å². The summed E-state index contributed by atoms with van der Waals surface area (Å²) in [6.45, 7) is -0.0558. The van der Waals surface area contributed by atoms with Crippen LogP contribution in [0.2, 0.25) is 0 Å². The van der Waals surface area contributed by atoms with Gasteiger partial charge in [0.05, 0.1) is 13.7 Å². The van der Waals surface area contributed by atoms with Crippen LogP contribution in [0.4, 0.5) is 5.69 Å². The molecule has 2 aliphatic rings. The topological polar surface area (TPSA) is 89.1 Å². The van der Waals surface area contributed by atoms with Crippen LogP contribution in [0.15, 0.2) is 58.3 Å². The number of fused-ring (bicyclic) bond motifs is 2. The average molecular weight is 332 g/mol. The molecule has 0 saturated heterocycles. The van der Waals surface area contributed by atoms with Gasteiger partial charge in [-0.25, -0.2) is 0 Å². The Morgan fingerprint density at radius 2 is 1.88 bits per heavy atom. The maximum absolute atomic E-state index is 11.7. The van der Waals surface area contributed by atoms with Crippen LogP contribution in [0.5, 0.6) is 5.75 Å². The number of hydrogen-bond acceptors (Lipinski definition) is 5.